The Balaban J connectivity index is 1.70. The molecule has 1 saturated heterocycles. The van der Waals surface area contributed by atoms with Gasteiger partial charge in [-0.3, -0.25) is 4.79 Å². The lowest BCUT2D eigenvalue weighted by Gasteiger charge is -2.33. The van der Waals surface area contributed by atoms with Gasteiger partial charge in [0, 0.05) is 31.1 Å². The van der Waals surface area contributed by atoms with E-state index >= 15 is 0 Å². The molecule has 0 aromatic heterocycles. The topological polar surface area (TPSA) is 41.6 Å². The molecule has 0 saturated carbocycles. The molecule has 0 bridgehead atoms. The number of hydrogen-bond acceptors (Lipinski definition) is 3. The van der Waals surface area contributed by atoms with Gasteiger partial charge in [-0.15, -0.1) is 0 Å². The van der Waals surface area contributed by atoms with Gasteiger partial charge in [0.05, 0.1) is 0 Å². The number of amides is 1. The summed E-state index contributed by atoms with van der Waals surface area (Å²) in [5.41, 5.74) is 0. The van der Waals surface area contributed by atoms with Crippen molar-refractivity contribution in [1.82, 2.24) is 10.2 Å². The molecule has 1 aliphatic heterocycles. The Bertz CT molecular complexity index is 636. The van der Waals surface area contributed by atoms with Crippen molar-refractivity contribution < 1.29 is 9.53 Å². The highest BCUT2D eigenvalue weighted by Crippen LogP contribution is 2.25. The maximum absolute atomic E-state index is 12.3. The monoisotopic (exact) mass is 284 g/mol. The molecule has 110 valence electrons. The lowest BCUT2D eigenvalue weighted by Crippen LogP contribution is -2.53. The van der Waals surface area contributed by atoms with Crippen molar-refractivity contribution >= 4 is 16.7 Å². The SMILES string of the molecule is C[C@@H]1CNCCN1C(=O)COc1cccc2ccccc12. The van der Waals surface area contributed by atoms with E-state index < -0.39 is 0 Å². The van der Waals surface area contributed by atoms with E-state index in [0.29, 0.717) is 0 Å². The van der Waals surface area contributed by atoms with E-state index in [-0.39, 0.29) is 18.6 Å². The van der Waals surface area contributed by atoms with Crippen molar-refractivity contribution in [2.45, 2.75) is 13.0 Å². The highest BCUT2D eigenvalue weighted by atomic mass is 16.5. The van der Waals surface area contributed by atoms with Crippen LogP contribution in [0.15, 0.2) is 42.5 Å². The van der Waals surface area contributed by atoms with E-state index in [9.17, 15) is 4.79 Å². The molecule has 1 amide bonds. The van der Waals surface area contributed by atoms with Gasteiger partial charge in [0.2, 0.25) is 0 Å². The fourth-order valence-electron chi connectivity index (χ4n) is 2.76. The van der Waals surface area contributed by atoms with Gasteiger partial charge in [0.15, 0.2) is 6.61 Å². The molecule has 1 fully saturated rings. The third-order valence-electron chi connectivity index (χ3n) is 3.92. The maximum Gasteiger partial charge on any atom is 0.260 e. The normalized spacial score (nSPS) is 18.7. The van der Waals surface area contributed by atoms with Crippen LogP contribution in [0.3, 0.4) is 0 Å². The smallest absolute Gasteiger partial charge is 0.260 e. The first-order chi connectivity index (χ1) is 10.3. The number of rotatable bonds is 3. The van der Waals surface area contributed by atoms with Gasteiger partial charge < -0.3 is 15.0 Å². The van der Waals surface area contributed by atoms with Crippen molar-refractivity contribution in [2.75, 3.05) is 26.2 Å². The molecule has 0 aliphatic carbocycles. The van der Waals surface area contributed by atoms with E-state index in [2.05, 4.69) is 12.2 Å². The summed E-state index contributed by atoms with van der Waals surface area (Å²) in [5.74, 6) is 0.821. The minimum Gasteiger partial charge on any atom is -0.483 e. The molecule has 4 heteroatoms. The maximum atomic E-state index is 12.3. The number of ether oxygens (including phenoxy) is 1. The molecule has 1 atom stereocenters. The first-order valence-electron chi connectivity index (χ1n) is 7.36. The van der Waals surface area contributed by atoms with Crippen LogP contribution in [0.1, 0.15) is 6.92 Å². The Morgan fingerprint density at radius 1 is 1.29 bits per heavy atom. The summed E-state index contributed by atoms with van der Waals surface area (Å²) in [7, 11) is 0. The molecule has 0 unspecified atom stereocenters. The third-order valence-corrected chi connectivity index (χ3v) is 3.92. The van der Waals surface area contributed by atoms with Gasteiger partial charge in [0.25, 0.3) is 5.91 Å². The third kappa shape index (κ3) is 3.00. The molecular weight excluding hydrogens is 264 g/mol. The summed E-state index contributed by atoms with van der Waals surface area (Å²) in [4.78, 5) is 14.2. The average Bonchev–Trinajstić information content (AvgIpc) is 2.53. The Morgan fingerprint density at radius 2 is 2.10 bits per heavy atom. The number of carbonyl (C=O) groups excluding carboxylic acids is 1. The second-order valence-electron chi connectivity index (χ2n) is 5.41. The molecule has 2 aromatic rings. The van der Waals surface area contributed by atoms with Crippen molar-refractivity contribution in [3.8, 4) is 5.75 Å². The summed E-state index contributed by atoms with van der Waals surface area (Å²) in [5, 5.41) is 5.45. The van der Waals surface area contributed by atoms with E-state index in [1.165, 1.54) is 0 Å². The van der Waals surface area contributed by atoms with Crippen LogP contribution >= 0.6 is 0 Å². The minimum absolute atomic E-state index is 0.0527. The van der Waals surface area contributed by atoms with Crippen molar-refractivity contribution in [3.63, 3.8) is 0 Å². The first kappa shape index (κ1) is 13.9. The van der Waals surface area contributed by atoms with Crippen LogP contribution in [-0.4, -0.2) is 43.1 Å². The summed E-state index contributed by atoms with van der Waals surface area (Å²) < 4.78 is 5.77. The molecule has 1 N–H and O–H groups in total. The molecule has 0 spiro atoms. The predicted molar refractivity (Wildman–Crippen MR) is 83.5 cm³/mol. The number of piperazine rings is 1. The minimum atomic E-state index is 0.0527. The van der Waals surface area contributed by atoms with E-state index in [0.717, 1.165) is 36.2 Å². The number of carbonyl (C=O) groups is 1. The zero-order valence-corrected chi connectivity index (χ0v) is 12.2. The molecule has 0 radical (unpaired) electrons. The van der Waals surface area contributed by atoms with Crippen molar-refractivity contribution in [1.29, 1.82) is 0 Å². The number of nitrogens with one attached hydrogen (secondary N) is 1. The highest BCUT2D eigenvalue weighted by Gasteiger charge is 2.23. The zero-order chi connectivity index (χ0) is 14.7. The molecule has 4 nitrogen and oxygen atoms in total. The van der Waals surface area contributed by atoms with Gasteiger partial charge in [0.1, 0.15) is 5.75 Å². The van der Waals surface area contributed by atoms with Crippen LogP contribution in [0.25, 0.3) is 10.8 Å². The van der Waals surface area contributed by atoms with Crippen LogP contribution in [-0.2, 0) is 4.79 Å². The summed E-state index contributed by atoms with van der Waals surface area (Å²) >= 11 is 0. The zero-order valence-electron chi connectivity index (χ0n) is 12.2. The molecule has 3 rings (SSSR count). The molecule has 2 aromatic carbocycles. The number of benzene rings is 2. The van der Waals surface area contributed by atoms with Crippen LogP contribution in [0.5, 0.6) is 5.75 Å². The van der Waals surface area contributed by atoms with Crippen LogP contribution in [0.4, 0.5) is 0 Å². The quantitative estimate of drug-likeness (QED) is 0.938. The number of fused-ring (bicyclic) bond motifs is 1. The van der Waals surface area contributed by atoms with Crippen molar-refractivity contribution in [2.24, 2.45) is 0 Å². The van der Waals surface area contributed by atoms with Crippen LogP contribution in [0, 0.1) is 0 Å². The van der Waals surface area contributed by atoms with Gasteiger partial charge >= 0.3 is 0 Å². The largest absolute Gasteiger partial charge is 0.483 e. The fraction of sp³-hybridized carbons (Fsp3) is 0.353. The highest BCUT2D eigenvalue weighted by molar-refractivity contribution is 5.88. The lowest BCUT2D eigenvalue weighted by atomic mass is 10.1. The Hall–Kier alpha value is -2.07. The van der Waals surface area contributed by atoms with Crippen LogP contribution < -0.4 is 10.1 Å². The van der Waals surface area contributed by atoms with Gasteiger partial charge in [-0.2, -0.15) is 0 Å². The second kappa shape index (κ2) is 6.14. The Morgan fingerprint density at radius 3 is 2.95 bits per heavy atom. The molecule has 1 heterocycles. The molecular formula is C17H20N2O2. The fourth-order valence-corrected chi connectivity index (χ4v) is 2.76. The van der Waals surface area contributed by atoms with Gasteiger partial charge in [-0.1, -0.05) is 36.4 Å². The standard InChI is InChI=1S/C17H20N2O2/c1-13-11-18-9-10-19(13)17(20)12-21-16-8-4-6-14-5-2-3-7-15(14)16/h2-8,13,18H,9-12H2,1H3/t13-/m1/s1. The van der Waals surface area contributed by atoms with Crippen molar-refractivity contribution in [3.05, 3.63) is 42.5 Å². The summed E-state index contributed by atoms with van der Waals surface area (Å²) in [6, 6.07) is 14.2. The first-order valence-corrected chi connectivity index (χ1v) is 7.36. The lowest BCUT2D eigenvalue weighted by molar-refractivity contribution is -0.136. The summed E-state index contributed by atoms with van der Waals surface area (Å²) in [6.07, 6.45) is 0. The van der Waals surface area contributed by atoms with E-state index in [4.69, 9.17) is 4.74 Å². The second-order valence-corrected chi connectivity index (χ2v) is 5.41. The Kier molecular flexibility index (Phi) is 4.06. The molecule has 1 aliphatic rings. The van der Waals surface area contributed by atoms with E-state index in [1.807, 2.05) is 47.4 Å². The Labute approximate surface area is 124 Å². The van der Waals surface area contributed by atoms with Gasteiger partial charge in [-0.25, -0.2) is 0 Å². The molecule has 21 heavy (non-hydrogen) atoms. The predicted octanol–water partition coefficient (Wildman–Crippen LogP) is 2.04. The summed E-state index contributed by atoms with van der Waals surface area (Å²) in [6.45, 7) is 4.60. The van der Waals surface area contributed by atoms with Gasteiger partial charge in [-0.05, 0) is 18.4 Å². The van der Waals surface area contributed by atoms with Crippen LogP contribution in [0.2, 0.25) is 0 Å². The average molecular weight is 284 g/mol. The number of hydrogen-bond donors (Lipinski definition) is 1. The number of nitrogens with zero attached hydrogens (tertiary/aromatic N) is 1. The van der Waals surface area contributed by atoms with E-state index in [1.54, 1.807) is 0 Å².